The van der Waals surface area contributed by atoms with Crippen molar-refractivity contribution in [2.24, 2.45) is 0 Å². The number of Topliss-reactive ketones (excluding diaryl/α,β-unsaturated/α-hetero) is 1. The van der Waals surface area contributed by atoms with Crippen LogP contribution >= 0.6 is 0 Å². The highest BCUT2D eigenvalue weighted by atomic mass is 32.2. The van der Waals surface area contributed by atoms with Gasteiger partial charge in [0.2, 0.25) is 0 Å². The van der Waals surface area contributed by atoms with E-state index >= 15 is 0 Å². The number of nitrogens with zero attached hydrogens (tertiary/aromatic N) is 1. The van der Waals surface area contributed by atoms with Gasteiger partial charge >= 0.3 is 0 Å². The van der Waals surface area contributed by atoms with Crippen molar-refractivity contribution in [2.45, 2.75) is 17.7 Å². The summed E-state index contributed by atoms with van der Waals surface area (Å²) in [5, 5.41) is 11.1. The molecular weight excluding hydrogens is 406 g/mol. The number of para-hydroxylation sites is 1. The second-order valence-corrected chi connectivity index (χ2v) is 8.33. The Morgan fingerprint density at radius 1 is 0.933 bits per heavy atom. The zero-order valence-electron chi connectivity index (χ0n) is 15.8. The quantitative estimate of drug-likeness (QED) is 0.323. The van der Waals surface area contributed by atoms with Gasteiger partial charge in [0, 0.05) is 35.8 Å². The zero-order chi connectivity index (χ0) is 21.7. The highest BCUT2D eigenvalue weighted by Gasteiger charge is 2.16. The van der Waals surface area contributed by atoms with E-state index in [0.717, 1.165) is 0 Å². The minimum absolute atomic E-state index is 0.0529. The van der Waals surface area contributed by atoms with E-state index in [4.69, 9.17) is 5.73 Å². The number of nitrogens with one attached hydrogen (secondary N) is 1. The molecule has 0 fully saturated rings. The molecule has 0 saturated carbocycles. The van der Waals surface area contributed by atoms with E-state index in [0.29, 0.717) is 22.5 Å². The van der Waals surface area contributed by atoms with Crippen molar-refractivity contribution < 1.29 is 18.1 Å². The Labute approximate surface area is 173 Å². The van der Waals surface area contributed by atoms with Crippen molar-refractivity contribution >= 4 is 32.9 Å². The summed E-state index contributed by atoms with van der Waals surface area (Å²) in [7, 11) is -3.76. The van der Waals surface area contributed by atoms with E-state index in [2.05, 4.69) is 4.72 Å². The van der Waals surface area contributed by atoms with Gasteiger partial charge in [-0.1, -0.05) is 30.3 Å². The average molecular weight is 425 g/mol. The molecule has 9 heteroatoms. The molecule has 0 saturated heterocycles. The molecule has 30 heavy (non-hydrogen) atoms. The first-order valence-corrected chi connectivity index (χ1v) is 10.4. The predicted molar refractivity (Wildman–Crippen MR) is 114 cm³/mol. The van der Waals surface area contributed by atoms with Crippen LogP contribution in [0.4, 0.5) is 17.1 Å². The number of hydrogen-bond acceptors (Lipinski definition) is 6. The molecule has 0 radical (unpaired) electrons. The monoisotopic (exact) mass is 425 g/mol. The van der Waals surface area contributed by atoms with Crippen molar-refractivity contribution in [3.63, 3.8) is 0 Å². The molecule has 0 aliphatic carbocycles. The van der Waals surface area contributed by atoms with Crippen LogP contribution in [0.3, 0.4) is 0 Å². The van der Waals surface area contributed by atoms with E-state index in [9.17, 15) is 23.3 Å². The lowest BCUT2D eigenvalue weighted by atomic mass is 10.0. The Morgan fingerprint density at radius 3 is 2.20 bits per heavy atom. The van der Waals surface area contributed by atoms with Gasteiger partial charge in [0.25, 0.3) is 15.7 Å². The first-order valence-electron chi connectivity index (χ1n) is 8.96. The number of benzene rings is 3. The van der Waals surface area contributed by atoms with Crippen LogP contribution in [0.25, 0.3) is 0 Å². The third-order valence-corrected chi connectivity index (χ3v) is 5.77. The molecule has 3 N–H and O–H groups in total. The molecule has 3 rings (SSSR count). The van der Waals surface area contributed by atoms with Crippen LogP contribution < -0.4 is 10.5 Å². The standard InChI is InChI=1S/C21H19N3O5S/c22-17-7-11-20(12-8-17)30(28,29)23-18-9-5-15(6-10-18)13-19(25)14-16-3-1-2-4-21(16)24(26)27/h1-12,23H,13-14,22H2. The van der Waals surface area contributed by atoms with Gasteiger partial charge in [-0.25, -0.2) is 8.42 Å². The maximum absolute atomic E-state index is 12.4. The van der Waals surface area contributed by atoms with Crippen LogP contribution in [-0.4, -0.2) is 19.1 Å². The topological polar surface area (TPSA) is 132 Å². The minimum atomic E-state index is -3.76. The lowest BCUT2D eigenvalue weighted by Crippen LogP contribution is -2.13. The molecule has 0 aromatic heterocycles. The van der Waals surface area contributed by atoms with Crippen LogP contribution in [0.15, 0.2) is 77.7 Å². The molecule has 0 unspecified atom stereocenters. The summed E-state index contributed by atoms with van der Waals surface area (Å²) >= 11 is 0. The first kappa shape index (κ1) is 21.0. The van der Waals surface area contributed by atoms with E-state index in [1.807, 2.05) is 0 Å². The second-order valence-electron chi connectivity index (χ2n) is 6.65. The number of anilines is 2. The molecular formula is C21H19N3O5S. The van der Waals surface area contributed by atoms with Crippen molar-refractivity contribution in [3.05, 3.63) is 94.0 Å². The number of hydrogen-bond donors (Lipinski definition) is 2. The third-order valence-electron chi connectivity index (χ3n) is 4.37. The molecule has 0 heterocycles. The lowest BCUT2D eigenvalue weighted by molar-refractivity contribution is -0.385. The highest BCUT2D eigenvalue weighted by molar-refractivity contribution is 7.92. The summed E-state index contributed by atoms with van der Waals surface area (Å²) in [5.41, 5.74) is 7.34. The number of rotatable bonds is 8. The number of nitro benzene ring substituents is 1. The maximum atomic E-state index is 12.4. The van der Waals surface area contributed by atoms with Gasteiger partial charge < -0.3 is 5.73 Å². The van der Waals surface area contributed by atoms with Crippen LogP contribution in [0.5, 0.6) is 0 Å². The average Bonchev–Trinajstić information content (AvgIpc) is 2.70. The molecule has 8 nitrogen and oxygen atoms in total. The minimum Gasteiger partial charge on any atom is -0.399 e. The highest BCUT2D eigenvalue weighted by Crippen LogP contribution is 2.20. The molecule has 154 valence electrons. The fourth-order valence-electron chi connectivity index (χ4n) is 2.89. The largest absolute Gasteiger partial charge is 0.399 e. The van der Waals surface area contributed by atoms with Crippen molar-refractivity contribution in [1.29, 1.82) is 0 Å². The maximum Gasteiger partial charge on any atom is 0.273 e. The number of nitrogens with two attached hydrogens (primary N) is 1. The Balaban J connectivity index is 1.65. The first-order chi connectivity index (χ1) is 14.2. The Hall–Kier alpha value is -3.72. The number of carbonyl (C=O) groups is 1. The molecule has 0 atom stereocenters. The normalized spacial score (nSPS) is 11.1. The molecule has 3 aromatic carbocycles. The smallest absolute Gasteiger partial charge is 0.273 e. The zero-order valence-corrected chi connectivity index (χ0v) is 16.6. The molecule has 3 aromatic rings. The summed E-state index contributed by atoms with van der Waals surface area (Å²) in [6, 6.07) is 18.3. The summed E-state index contributed by atoms with van der Waals surface area (Å²) in [5.74, 6) is -0.181. The van der Waals surface area contributed by atoms with Crippen LogP contribution in [0, 0.1) is 10.1 Å². The van der Waals surface area contributed by atoms with Gasteiger partial charge in [0.05, 0.1) is 9.82 Å². The number of nitrogen functional groups attached to an aromatic ring is 1. The van der Waals surface area contributed by atoms with Gasteiger partial charge in [0.1, 0.15) is 5.78 Å². The van der Waals surface area contributed by atoms with E-state index in [-0.39, 0.29) is 29.2 Å². The van der Waals surface area contributed by atoms with Crippen LogP contribution in [0.1, 0.15) is 11.1 Å². The van der Waals surface area contributed by atoms with Crippen LogP contribution in [-0.2, 0) is 27.7 Å². The Bertz CT molecular complexity index is 1170. The fraction of sp³-hybridized carbons (Fsp3) is 0.0952. The molecule has 0 bridgehead atoms. The van der Waals surface area contributed by atoms with Crippen LogP contribution in [0.2, 0.25) is 0 Å². The predicted octanol–water partition coefficient (Wildman–Crippen LogP) is 3.33. The Morgan fingerprint density at radius 2 is 1.57 bits per heavy atom. The summed E-state index contributed by atoms with van der Waals surface area (Å²) in [4.78, 5) is 23.0. The van der Waals surface area contributed by atoms with E-state index < -0.39 is 14.9 Å². The molecule has 0 aliphatic rings. The van der Waals surface area contributed by atoms with Crippen molar-refractivity contribution in [1.82, 2.24) is 0 Å². The van der Waals surface area contributed by atoms with Crippen molar-refractivity contribution in [2.75, 3.05) is 10.5 Å². The summed E-state index contributed by atoms with van der Waals surface area (Å²) < 4.78 is 27.3. The summed E-state index contributed by atoms with van der Waals surface area (Å²) in [6.07, 6.45) is 0.0275. The van der Waals surface area contributed by atoms with Gasteiger partial charge in [-0.3, -0.25) is 19.6 Å². The Kier molecular flexibility index (Phi) is 6.12. The van der Waals surface area contributed by atoms with E-state index in [1.165, 1.54) is 30.3 Å². The fourth-order valence-corrected chi connectivity index (χ4v) is 3.95. The van der Waals surface area contributed by atoms with Gasteiger partial charge in [-0.05, 0) is 42.0 Å². The van der Waals surface area contributed by atoms with Gasteiger partial charge in [0.15, 0.2) is 0 Å². The third kappa shape index (κ3) is 5.21. The van der Waals surface area contributed by atoms with E-state index in [1.54, 1.807) is 42.5 Å². The molecule has 0 aliphatic heterocycles. The molecule has 0 amide bonds. The lowest BCUT2D eigenvalue weighted by Gasteiger charge is -2.09. The number of sulfonamides is 1. The van der Waals surface area contributed by atoms with Crippen molar-refractivity contribution in [3.8, 4) is 0 Å². The second kappa shape index (κ2) is 8.75. The van der Waals surface area contributed by atoms with Gasteiger partial charge in [-0.15, -0.1) is 0 Å². The number of nitro groups is 1. The number of carbonyl (C=O) groups excluding carboxylic acids is 1. The van der Waals surface area contributed by atoms with Gasteiger partial charge in [-0.2, -0.15) is 0 Å². The number of ketones is 1. The summed E-state index contributed by atoms with van der Waals surface area (Å²) in [6.45, 7) is 0. The SMILES string of the molecule is Nc1ccc(S(=O)(=O)Nc2ccc(CC(=O)Cc3ccccc3[N+](=O)[O-])cc2)cc1. The molecule has 0 spiro atoms.